The van der Waals surface area contributed by atoms with Crippen LogP contribution in [0.1, 0.15) is 31.9 Å². The van der Waals surface area contributed by atoms with Crippen molar-refractivity contribution < 1.29 is 19.1 Å². The Morgan fingerprint density at radius 1 is 1.38 bits per heavy atom. The van der Waals surface area contributed by atoms with Crippen LogP contribution in [0.25, 0.3) is 0 Å². The van der Waals surface area contributed by atoms with E-state index in [1.165, 1.54) is 16.7 Å². The largest absolute Gasteiger partial charge is 0.461 e. The molecule has 1 unspecified atom stereocenters. The molecule has 2 rings (SSSR count). The smallest absolute Gasteiger partial charge is 0.333 e. The standard InChI is InChI=1S/C18H21NO4S/c1-12(2)18(22)23-9-10-24-15-11-16(20)19(17(15)21)13(3)14-7-5-4-6-8-14/h4-8,13,15H,1,9-11H2,2-3H3/t13-,15?/m1/s1. The zero-order valence-electron chi connectivity index (χ0n) is 13.9. The Labute approximate surface area is 146 Å². The first-order valence-electron chi connectivity index (χ1n) is 7.77. The van der Waals surface area contributed by atoms with Crippen LogP contribution in [0, 0.1) is 0 Å². The number of carbonyl (C=O) groups excluding carboxylic acids is 3. The Hall–Kier alpha value is -2.08. The summed E-state index contributed by atoms with van der Waals surface area (Å²) in [5.74, 6) is -0.305. The molecule has 0 radical (unpaired) electrons. The van der Waals surface area contributed by atoms with E-state index in [9.17, 15) is 14.4 Å². The van der Waals surface area contributed by atoms with Gasteiger partial charge in [0.1, 0.15) is 6.61 Å². The Bertz CT molecular complexity index is 644. The molecule has 1 saturated heterocycles. The number of ether oxygens (including phenoxy) is 1. The number of imide groups is 1. The molecule has 1 aliphatic heterocycles. The summed E-state index contributed by atoms with van der Waals surface area (Å²) in [7, 11) is 0. The molecule has 2 amide bonds. The van der Waals surface area contributed by atoms with Gasteiger partial charge >= 0.3 is 5.97 Å². The summed E-state index contributed by atoms with van der Waals surface area (Å²) in [5.41, 5.74) is 1.27. The monoisotopic (exact) mass is 347 g/mol. The van der Waals surface area contributed by atoms with Crippen molar-refractivity contribution in [3.8, 4) is 0 Å². The Balaban J connectivity index is 1.89. The topological polar surface area (TPSA) is 63.7 Å². The van der Waals surface area contributed by atoms with Crippen molar-refractivity contribution >= 4 is 29.5 Å². The summed E-state index contributed by atoms with van der Waals surface area (Å²) in [5, 5.41) is -0.410. The summed E-state index contributed by atoms with van der Waals surface area (Å²) in [6, 6.07) is 9.20. The van der Waals surface area contributed by atoms with E-state index in [0.717, 1.165) is 5.56 Å². The number of esters is 1. The van der Waals surface area contributed by atoms with E-state index in [-0.39, 0.29) is 30.9 Å². The minimum atomic E-state index is -0.441. The second kappa shape index (κ2) is 8.15. The molecule has 0 spiro atoms. The predicted octanol–water partition coefficient (Wildman–Crippen LogP) is 2.73. The predicted molar refractivity (Wildman–Crippen MR) is 93.3 cm³/mol. The molecule has 1 heterocycles. The van der Waals surface area contributed by atoms with Gasteiger partial charge in [-0.25, -0.2) is 4.79 Å². The van der Waals surface area contributed by atoms with Gasteiger partial charge < -0.3 is 4.74 Å². The third kappa shape index (κ3) is 4.26. The minimum Gasteiger partial charge on any atom is -0.461 e. The van der Waals surface area contributed by atoms with Crippen molar-refractivity contribution in [1.82, 2.24) is 4.90 Å². The van der Waals surface area contributed by atoms with Crippen molar-refractivity contribution in [2.24, 2.45) is 0 Å². The number of thioether (sulfide) groups is 1. The quantitative estimate of drug-likeness (QED) is 0.328. The van der Waals surface area contributed by atoms with Crippen LogP contribution in [0.4, 0.5) is 0 Å². The van der Waals surface area contributed by atoms with Crippen LogP contribution in [0.3, 0.4) is 0 Å². The fraction of sp³-hybridized carbons (Fsp3) is 0.389. The molecule has 0 saturated carbocycles. The lowest BCUT2D eigenvalue weighted by Crippen LogP contribution is -2.34. The highest BCUT2D eigenvalue weighted by Gasteiger charge is 2.41. The van der Waals surface area contributed by atoms with Crippen molar-refractivity contribution in [1.29, 1.82) is 0 Å². The maximum atomic E-state index is 12.5. The number of hydrogen-bond acceptors (Lipinski definition) is 5. The molecular weight excluding hydrogens is 326 g/mol. The van der Waals surface area contributed by atoms with Crippen LogP contribution in [-0.4, -0.2) is 40.3 Å². The van der Waals surface area contributed by atoms with Gasteiger partial charge in [-0.05, 0) is 19.4 Å². The third-order valence-electron chi connectivity index (χ3n) is 3.79. The van der Waals surface area contributed by atoms with E-state index in [1.54, 1.807) is 6.92 Å². The molecule has 0 aliphatic carbocycles. The number of benzene rings is 1. The number of amides is 2. The lowest BCUT2D eigenvalue weighted by Gasteiger charge is -2.23. The Morgan fingerprint density at radius 2 is 2.04 bits per heavy atom. The maximum Gasteiger partial charge on any atom is 0.333 e. The molecule has 2 atom stereocenters. The van der Waals surface area contributed by atoms with Gasteiger partial charge in [-0.15, -0.1) is 11.8 Å². The number of hydrogen-bond donors (Lipinski definition) is 0. The highest BCUT2D eigenvalue weighted by Crippen LogP contribution is 2.31. The molecular formula is C18H21NO4S. The van der Waals surface area contributed by atoms with Gasteiger partial charge in [-0.1, -0.05) is 36.9 Å². The van der Waals surface area contributed by atoms with Gasteiger partial charge in [0.25, 0.3) is 0 Å². The van der Waals surface area contributed by atoms with E-state index >= 15 is 0 Å². The molecule has 1 aromatic carbocycles. The van der Waals surface area contributed by atoms with Crippen LogP contribution in [0.5, 0.6) is 0 Å². The molecule has 5 nitrogen and oxygen atoms in total. The normalized spacial score (nSPS) is 18.6. The number of likely N-dealkylation sites (tertiary alicyclic amines) is 1. The van der Waals surface area contributed by atoms with Crippen molar-refractivity contribution in [3.63, 3.8) is 0 Å². The summed E-state index contributed by atoms with van der Waals surface area (Å²) >= 11 is 1.35. The van der Waals surface area contributed by atoms with Crippen molar-refractivity contribution in [2.75, 3.05) is 12.4 Å². The van der Waals surface area contributed by atoms with Crippen LogP contribution >= 0.6 is 11.8 Å². The lowest BCUT2D eigenvalue weighted by atomic mass is 10.1. The number of nitrogens with zero attached hydrogens (tertiary/aromatic N) is 1. The van der Waals surface area contributed by atoms with Crippen molar-refractivity contribution in [3.05, 3.63) is 48.0 Å². The second-order valence-corrected chi connectivity index (χ2v) is 6.98. The van der Waals surface area contributed by atoms with Crippen LogP contribution in [0.15, 0.2) is 42.5 Å². The van der Waals surface area contributed by atoms with E-state index < -0.39 is 11.2 Å². The highest BCUT2D eigenvalue weighted by molar-refractivity contribution is 8.00. The second-order valence-electron chi connectivity index (χ2n) is 5.67. The first-order chi connectivity index (χ1) is 11.4. The van der Waals surface area contributed by atoms with E-state index in [2.05, 4.69) is 6.58 Å². The van der Waals surface area contributed by atoms with E-state index in [4.69, 9.17) is 4.74 Å². The molecule has 0 N–H and O–H groups in total. The molecule has 24 heavy (non-hydrogen) atoms. The summed E-state index contributed by atoms with van der Waals surface area (Å²) in [6.45, 7) is 7.14. The zero-order chi connectivity index (χ0) is 17.7. The van der Waals surface area contributed by atoms with Gasteiger partial charge in [0.2, 0.25) is 11.8 Å². The number of rotatable bonds is 7. The molecule has 0 bridgehead atoms. The first-order valence-corrected chi connectivity index (χ1v) is 8.81. The molecule has 6 heteroatoms. The van der Waals surface area contributed by atoms with Crippen LogP contribution in [0.2, 0.25) is 0 Å². The fourth-order valence-electron chi connectivity index (χ4n) is 2.49. The average molecular weight is 347 g/mol. The van der Waals surface area contributed by atoms with Gasteiger partial charge in [0.15, 0.2) is 0 Å². The van der Waals surface area contributed by atoms with E-state index in [0.29, 0.717) is 11.3 Å². The van der Waals surface area contributed by atoms with E-state index in [1.807, 2.05) is 37.3 Å². The molecule has 128 valence electrons. The van der Waals surface area contributed by atoms with Crippen molar-refractivity contribution in [2.45, 2.75) is 31.6 Å². The highest BCUT2D eigenvalue weighted by atomic mass is 32.2. The lowest BCUT2D eigenvalue weighted by molar-refractivity contribution is -0.141. The van der Waals surface area contributed by atoms with Gasteiger partial charge in [0.05, 0.1) is 11.3 Å². The molecule has 1 aliphatic rings. The average Bonchev–Trinajstić information content (AvgIpc) is 2.85. The first kappa shape index (κ1) is 18.3. The minimum absolute atomic E-state index is 0.159. The maximum absolute atomic E-state index is 12.5. The van der Waals surface area contributed by atoms with Crippen LogP contribution in [-0.2, 0) is 19.1 Å². The summed E-state index contributed by atoms with van der Waals surface area (Å²) in [6.07, 6.45) is 0.190. The SMILES string of the molecule is C=C(C)C(=O)OCCSC1CC(=O)N([C@H](C)c2ccccc2)C1=O. The zero-order valence-corrected chi connectivity index (χ0v) is 14.7. The van der Waals surface area contributed by atoms with Gasteiger partial charge in [-0.2, -0.15) is 0 Å². The molecule has 1 fully saturated rings. The van der Waals surface area contributed by atoms with Gasteiger partial charge in [-0.3, -0.25) is 14.5 Å². The fourth-order valence-corrected chi connectivity index (χ4v) is 3.47. The Kier molecular flexibility index (Phi) is 6.20. The number of carbonyl (C=O) groups is 3. The Morgan fingerprint density at radius 3 is 2.67 bits per heavy atom. The summed E-state index contributed by atoms with van der Waals surface area (Å²) in [4.78, 5) is 37.4. The molecule has 1 aromatic rings. The van der Waals surface area contributed by atoms with Crippen LogP contribution < -0.4 is 0 Å². The molecule has 0 aromatic heterocycles. The third-order valence-corrected chi connectivity index (χ3v) is 4.97. The summed E-state index contributed by atoms with van der Waals surface area (Å²) < 4.78 is 5.00. The van der Waals surface area contributed by atoms with Gasteiger partial charge in [0, 0.05) is 17.7 Å².